The van der Waals surface area contributed by atoms with Crippen molar-refractivity contribution in [2.24, 2.45) is 0 Å². The van der Waals surface area contributed by atoms with E-state index >= 15 is 4.39 Å². The summed E-state index contributed by atoms with van der Waals surface area (Å²) in [5.74, 6) is 0.286. The van der Waals surface area contributed by atoms with Crippen LogP contribution in [0.5, 0.6) is 11.5 Å². The molecule has 214 valence electrons. The monoisotopic (exact) mass is 559 g/mol. The van der Waals surface area contributed by atoms with Gasteiger partial charge in [-0.1, -0.05) is 24.3 Å². The van der Waals surface area contributed by atoms with Crippen LogP contribution in [0.3, 0.4) is 0 Å². The second-order valence-corrected chi connectivity index (χ2v) is 11.0. The minimum atomic E-state index is -4.82. The van der Waals surface area contributed by atoms with Gasteiger partial charge in [0, 0.05) is 18.6 Å². The van der Waals surface area contributed by atoms with E-state index in [0.717, 1.165) is 11.1 Å². The molecule has 1 aliphatic heterocycles. The van der Waals surface area contributed by atoms with Gasteiger partial charge in [-0.15, -0.1) is 0 Å². The van der Waals surface area contributed by atoms with E-state index in [1.807, 2.05) is 24.3 Å². The van der Waals surface area contributed by atoms with Gasteiger partial charge in [-0.25, -0.2) is 4.39 Å². The average molecular weight is 559 g/mol. The molecule has 1 aliphatic rings. The van der Waals surface area contributed by atoms with Gasteiger partial charge >= 0.3 is 13.3 Å². The molecule has 0 aliphatic carbocycles. The van der Waals surface area contributed by atoms with Crippen LogP contribution in [0.15, 0.2) is 54.6 Å². The van der Waals surface area contributed by atoms with E-state index in [9.17, 15) is 13.2 Å². The van der Waals surface area contributed by atoms with Gasteiger partial charge in [0.2, 0.25) is 0 Å². The Labute approximate surface area is 233 Å². The number of benzene rings is 3. The number of alkyl halides is 3. The average Bonchev–Trinajstić information content (AvgIpc) is 3.10. The van der Waals surface area contributed by atoms with E-state index in [0.29, 0.717) is 11.5 Å². The highest BCUT2D eigenvalue weighted by Crippen LogP contribution is 2.41. The first-order valence-corrected chi connectivity index (χ1v) is 12.9. The Bertz CT molecular complexity index is 1280. The first-order chi connectivity index (χ1) is 18.7. The zero-order valence-electron chi connectivity index (χ0n) is 23.8. The Morgan fingerprint density at radius 2 is 1.23 bits per heavy atom. The van der Waals surface area contributed by atoms with Crippen molar-refractivity contribution in [3.05, 3.63) is 82.7 Å². The molecule has 0 N–H and O–H groups in total. The molecule has 0 aromatic heterocycles. The smallest absolute Gasteiger partial charge is 0.497 e. The summed E-state index contributed by atoms with van der Waals surface area (Å²) in [7, 11) is 1.58. The maximum Gasteiger partial charge on any atom is 0.498 e. The van der Waals surface area contributed by atoms with Crippen LogP contribution >= 0.6 is 0 Å². The molecule has 0 radical (unpaired) electrons. The molecule has 4 rings (SSSR count). The Morgan fingerprint density at radius 1 is 0.800 bits per heavy atom. The van der Waals surface area contributed by atoms with Gasteiger partial charge in [-0.05, 0) is 81.6 Å². The fourth-order valence-corrected chi connectivity index (χ4v) is 4.72. The number of anilines is 1. The van der Waals surface area contributed by atoms with Gasteiger partial charge in [0.15, 0.2) is 0 Å². The lowest BCUT2D eigenvalue weighted by atomic mass is 9.73. The number of halogens is 4. The molecule has 0 bridgehead atoms. The van der Waals surface area contributed by atoms with Crippen molar-refractivity contribution in [1.29, 1.82) is 0 Å². The lowest BCUT2D eigenvalue weighted by Crippen LogP contribution is -2.43. The number of aryl methyl sites for hydroxylation is 1. The standard InChI is InChI=1S/C30H34BF4NO4/c1-19-16-24(27(32)26(25(19)30(33,34)35)31-39-28(2,3)29(4,5)40-31)36(17-20-8-12-22(37-6)13-9-20)18-21-10-14-23(38-7)15-11-21/h8-16H,17-18H2,1-7H3. The molecular formula is C30H34BF4NO4. The molecule has 5 nitrogen and oxygen atoms in total. The van der Waals surface area contributed by atoms with Crippen molar-refractivity contribution in [2.45, 2.75) is 65.1 Å². The normalized spacial score (nSPS) is 16.2. The Kier molecular flexibility index (Phi) is 8.16. The topological polar surface area (TPSA) is 40.2 Å². The van der Waals surface area contributed by atoms with Crippen molar-refractivity contribution in [2.75, 3.05) is 19.1 Å². The van der Waals surface area contributed by atoms with Crippen molar-refractivity contribution < 1.29 is 36.3 Å². The molecule has 3 aromatic carbocycles. The highest BCUT2D eigenvalue weighted by molar-refractivity contribution is 6.63. The third-order valence-corrected chi connectivity index (χ3v) is 7.66. The number of hydrogen-bond donors (Lipinski definition) is 0. The second kappa shape index (κ2) is 11.0. The zero-order valence-corrected chi connectivity index (χ0v) is 23.8. The van der Waals surface area contributed by atoms with Crippen LogP contribution in [0, 0.1) is 12.7 Å². The summed E-state index contributed by atoms with van der Waals surface area (Å²) in [5, 5.41) is 0. The van der Waals surface area contributed by atoms with Gasteiger partial charge in [-0.3, -0.25) is 0 Å². The van der Waals surface area contributed by atoms with E-state index < -0.39 is 41.3 Å². The fraction of sp³-hybridized carbons (Fsp3) is 0.400. The van der Waals surface area contributed by atoms with Gasteiger partial charge in [-0.2, -0.15) is 13.2 Å². The zero-order chi connectivity index (χ0) is 29.5. The summed E-state index contributed by atoms with van der Waals surface area (Å²) in [6.45, 7) is 8.65. The van der Waals surface area contributed by atoms with E-state index in [1.54, 1.807) is 71.1 Å². The van der Waals surface area contributed by atoms with E-state index in [2.05, 4.69) is 0 Å². The molecule has 1 heterocycles. The summed E-state index contributed by atoms with van der Waals surface area (Å²) in [6, 6.07) is 15.7. The second-order valence-electron chi connectivity index (χ2n) is 11.0. The van der Waals surface area contributed by atoms with Crippen molar-refractivity contribution >= 4 is 18.3 Å². The summed E-state index contributed by atoms with van der Waals surface area (Å²) in [5.41, 5.74) is -2.10. The first-order valence-electron chi connectivity index (χ1n) is 12.9. The summed E-state index contributed by atoms with van der Waals surface area (Å²) < 4.78 is 82.1. The number of rotatable bonds is 8. The Balaban J connectivity index is 1.86. The van der Waals surface area contributed by atoms with Crippen molar-refractivity contribution in [3.8, 4) is 11.5 Å². The van der Waals surface area contributed by atoms with Crippen LogP contribution in [-0.4, -0.2) is 32.5 Å². The SMILES string of the molecule is COc1ccc(CN(Cc2ccc(OC)cc2)c2cc(C)c(C(F)(F)F)c(B3OC(C)(C)C(C)(C)O3)c2F)cc1. The van der Waals surface area contributed by atoms with Crippen LogP contribution in [0.1, 0.15) is 49.9 Å². The number of nitrogens with zero attached hydrogens (tertiary/aromatic N) is 1. The summed E-state index contributed by atoms with van der Waals surface area (Å²) in [6.07, 6.45) is -4.82. The van der Waals surface area contributed by atoms with Crippen LogP contribution in [-0.2, 0) is 28.6 Å². The molecule has 0 atom stereocenters. The molecular weight excluding hydrogens is 525 g/mol. The minimum Gasteiger partial charge on any atom is -0.497 e. The molecule has 10 heteroatoms. The molecule has 3 aromatic rings. The molecule has 40 heavy (non-hydrogen) atoms. The quantitative estimate of drug-likeness (QED) is 0.228. The predicted molar refractivity (Wildman–Crippen MR) is 148 cm³/mol. The lowest BCUT2D eigenvalue weighted by molar-refractivity contribution is -0.137. The van der Waals surface area contributed by atoms with E-state index in [-0.39, 0.29) is 24.3 Å². The third kappa shape index (κ3) is 5.93. The highest BCUT2D eigenvalue weighted by Gasteiger charge is 2.55. The lowest BCUT2D eigenvalue weighted by Gasteiger charge is -2.32. The maximum atomic E-state index is 16.6. The number of ether oxygens (including phenoxy) is 2. The van der Waals surface area contributed by atoms with Crippen LogP contribution in [0.25, 0.3) is 0 Å². The van der Waals surface area contributed by atoms with Gasteiger partial charge < -0.3 is 23.7 Å². The third-order valence-electron chi connectivity index (χ3n) is 7.66. The molecule has 0 spiro atoms. The van der Waals surface area contributed by atoms with Crippen molar-refractivity contribution in [3.63, 3.8) is 0 Å². The highest BCUT2D eigenvalue weighted by atomic mass is 19.4. The summed E-state index contributed by atoms with van der Waals surface area (Å²) >= 11 is 0. The Hall–Kier alpha value is -3.24. The number of hydrogen-bond acceptors (Lipinski definition) is 5. The van der Waals surface area contributed by atoms with Crippen LogP contribution in [0.4, 0.5) is 23.2 Å². The van der Waals surface area contributed by atoms with Crippen LogP contribution in [0.2, 0.25) is 0 Å². The molecule has 1 fully saturated rings. The fourth-order valence-electron chi connectivity index (χ4n) is 4.72. The molecule has 1 saturated heterocycles. The van der Waals surface area contributed by atoms with Gasteiger partial charge in [0.25, 0.3) is 0 Å². The summed E-state index contributed by atoms with van der Waals surface area (Å²) in [4.78, 5) is 1.71. The Morgan fingerprint density at radius 3 is 1.60 bits per heavy atom. The molecule has 0 saturated carbocycles. The first kappa shape index (κ1) is 29.7. The minimum absolute atomic E-state index is 0.0156. The van der Waals surface area contributed by atoms with Gasteiger partial charge in [0.05, 0.1) is 36.7 Å². The molecule has 0 amide bonds. The van der Waals surface area contributed by atoms with E-state index in [1.165, 1.54) is 13.0 Å². The van der Waals surface area contributed by atoms with E-state index in [4.69, 9.17) is 18.8 Å². The van der Waals surface area contributed by atoms with Gasteiger partial charge in [0.1, 0.15) is 17.3 Å². The number of methoxy groups -OCH3 is 2. The van der Waals surface area contributed by atoms with Crippen LogP contribution < -0.4 is 19.8 Å². The predicted octanol–water partition coefficient (Wildman–Crippen LogP) is 6.68. The molecule has 0 unspecified atom stereocenters. The van der Waals surface area contributed by atoms with Crippen molar-refractivity contribution in [1.82, 2.24) is 0 Å². The maximum absolute atomic E-state index is 16.6. The largest absolute Gasteiger partial charge is 0.498 e.